The number of carbonyl (C=O) groups excluding carboxylic acids is 3. The first-order valence-corrected chi connectivity index (χ1v) is 34.1. The van der Waals surface area contributed by atoms with E-state index >= 15 is 0 Å². The van der Waals surface area contributed by atoms with E-state index in [1.165, 1.54) is 193 Å². The standard InChI is InChI=1S/C73H128O6/c1-4-7-10-13-16-19-22-25-28-30-32-34-35-36-37-39-40-42-45-48-51-54-57-60-63-66-72(75)78-69-70(68-77-71(74)65-62-59-56-53-50-47-44-27-24-21-18-15-12-9-6-3)79-73(76)67-64-61-58-55-52-49-46-43-41-38-33-31-29-26-23-20-17-14-11-8-5-2/h18,21-23,25-27,30-33,41,43-44,70H,4-17,19-20,24,28-29,34-40,42,45-69H2,1-3H3/b21-18-,25-22-,26-23-,32-30-,33-31-,43-41-,44-27-. The molecule has 6 heteroatoms. The number of ether oxygens (including phenoxy) is 3. The Hall–Kier alpha value is -3.41. The van der Waals surface area contributed by atoms with Crippen molar-refractivity contribution in [3.05, 3.63) is 85.1 Å². The number of unbranched alkanes of at least 4 members (excludes halogenated alkanes) is 37. The van der Waals surface area contributed by atoms with Crippen molar-refractivity contribution in [2.75, 3.05) is 13.2 Å². The summed E-state index contributed by atoms with van der Waals surface area (Å²) in [5.74, 6) is -0.899. The number of esters is 3. The fraction of sp³-hybridized carbons (Fsp3) is 0.767. The molecule has 0 aromatic rings. The van der Waals surface area contributed by atoms with Crippen LogP contribution >= 0.6 is 0 Å². The van der Waals surface area contributed by atoms with Gasteiger partial charge in [-0.3, -0.25) is 14.4 Å². The lowest BCUT2D eigenvalue weighted by Gasteiger charge is -2.18. The molecule has 0 aliphatic rings. The Morgan fingerprint density at radius 2 is 0.456 bits per heavy atom. The molecule has 0 spiro atoms. The third-order valence-electron chi connectivity index (χ3n) is 14.8. The highest BCUT2D eigenvalue weighted by Gasteiger charge is 2.19. The molecule has 0 radical (unpaired) electrons. The van der Waals surface area contributed by atoms with E-state index < -0.39 is 6.10 Å². The summed E-state index contributed by atoms with van der Waals surface area (Å²) in [5.41, 5.74) is 0. The molecule has 0 aliphatic heterocycles. The summed E-state index contributed by atoms with van der Waals surface area (Å²) in [6, 6.07) is 0. The van der Waals surface area contributed by atoms with Crippen molar-refractivity contribution in [3.8, 4) is 0 Å². The molecule has 0 aliphatic carbocycles. The first kappa shape index (κ1) is 75.6. The van der Waals surface area contributed by atoms with Gasteiger partial charge in [0, 0.05) is 19.3 Å². The summed E-state index contributed by atoms with van der Waals surface area (Å²) in [4.78, 5) is 38.4. The Morgan fingerprint density at radius 3 is 0.734 bits per heavy atom. The minimum absolute atomic E-state index is 0.0856. The zero-order chi connectivity index (χ0) is 57.1. The largest absolute Gasteiger partial charge is 0.462 e. The monoisotopic (exact) mass is 1100 g/mol. The van der Waals surface area contributed by atoms with Crippen LogP contribution in [-0.2, 0) is 28.6 Å². The van der Waals surface area contributed by atoms with E-state index in [0.717, 1.165) is 109 Å². The smallest absolute Gasteiger partial charge is 0.306 e. The molecule has 0 saturated carbocycles. The minimum Gasteiger partial charge on any atom is -0.462 e. The number of rotatable bonds is 62. The summed E-state index contributed by atoms with van der Waals surface area (Å²) in [6.07, 6.45) is 88.8. The molecule has 0 aromatic carbocycles. The highest BCUT2D eigenvalue weighted by atomic mass is 16.6. The predicted molar refractivity (Wildman–Crippen MR) is 344 cm³/mol. The lowest BCUT2D eigenvalue weighted by atomic mass is 10.0. The van der Waals surface area contributed by atoms with Gasteiger partial charge < -0.3 is 14.2 Å². The van der Waals surface area contributed by atoms with Crippen molar-refractivity contribution in [3.63, 3.8) is 0 Å². The Bertz CT molecular complexity index is 1500. The van der Waals surface area contributed by atoms with Crippen LogP contribution < -0.4 is 0 Å². The van der Waals surface area contributed by atoms with Crippen molar-refractivity contribution in [1.29, 1.82) is 0 Å². The van der Waals surface area contributed by atoms with Crippen molar-refractivity contribution >= 4 is 17.9 Å². The maximum Gasteiger partial charge on any atom is 0.306 e. The first-order valence-electron chi connectivity index (χ1n) is 34.1. The average molecular weight is 1100 g/mol. The molecule has 456 valence electrons. The molecule has 1 unspecified atom stereocenters. The topological polar surface area (TPSA) is 78.9 Å². The Balaban J connectivity index is 4.36. The zero-order valence-corrected chi connectivity index (χ0v) is 52.4. The van der Waals surface area contributed by atoms with E-state index in [-0.39, 0.29) is 31.1 Å². The fourth-order valence-corrected chi connectivity index (χ4v) is 9.69. The van der Waals surface area contributed by atoms with E-state index in [4.69, 9.17) is 14.2 Å². The molecule has 0 rings (SSSR count). The lowest BCUT2D eigenvalue weighted by Crippen LogP contribution is -2.30. The van der Waals surface area contributed by atoms with Gasteiger partial charge in [-0.05, 0) is 122 Å². The summed E-state index contributed by atoms with van der Waals surface area (Å²) in [5, 5.41) is 0. The second-order valence-electron chi connectivity index (χ2n) is 22.7. The molecule has 0 amide bonds. The minimum atomic E-state index is -0.792. The molecule has 1 atom stereocenters. The zero-order valence-electron chi connectivity index (χ0n) is 52.4. The van der Waals surface area contributed by atoms with E-state index in [1.54, 1.807) is 0 Å². The van der Waals surface area contributed by atoms with E-state index in [9.17, 15) is 14.4 Å². The van der Waals surface area contributed by atoms with E-state index in [0.29, 0.717) is 19.3 Å². The van der Waals surface area contributed by atoms with E-state index in [1.807, 2.05) is 0 Å². The molecule has 0 fully saturated rings. The van der Waals surface area contributed by atoms with Gasteiger partial charge in [-0.2, -0.15) is 0 Å². The summed E-state index contributed by atoms with van der Waals surface area (Å²) in [7, 11) is 0. The molecular formula is C73H128O6. The Kier molecular flexibility index (Phi) is 64.2. The maximum absolute atomic E-state index is 12.9. The van der Waals surface area contributed by atoms with Gasteiger partial charge in [0.05, 0.1) is 0 Å². The van der Waals surface area contributed by atoms with Crippen LogP contribution in [0.2, 0.25) is 0 Å². The first-order chi connectivity index (χ1) is 39.0. The molecule has 79 heavy (non-hydrogen) atoms. The molecular weight excluding hydrogens is 973 g/mol. The van der Waals surface area contributed by atoms with Crippen LogP contribution in [0.1, 0.15) is 342 Å². The highest BCUT2D eigenvalue weighted by molar-refractivity contribution is 5.71. The number of hydrogen-bond donors (Lipinski definition) is 0. The van der Waals surface area contributed by atoms with Crippen LogP contribution in [0.25, 0.3) is 0 Å². The van der Waals surface area contributed by atoms with Gasteiger partial charge in [-0.15, -0.1) is 0 Å². The van der Waals surface area contributed by atoms with Crippen molar-refractivity contribution in [1.82, 2.24) is 0 Å². The maximum atomic E-state index is 12.9. The van der Waals surface area contributed by atoms with E-state index in [2.05, 4.69) is 106 Å². The van der Waals surface area contributed by atoms with Gasteiger partial charge >= 0.3 is 17.9 Å². The number of hydrogen-bond acceptors (Lipinski definition) is 6. The quantitative estimate of drug-likeness (QED) is 0.0261. The lowest BCUT2D eigenvalue weighted by molar-refractivity contribution is -0.167. The van der Waals surface area contributed by atoms with Crippen LogP contribution in [0.15, 0.2) is 85.1 Å². The van der Waals surface area contributed by atoms with Crippen LogP contribution in [0, 0.1) is 0 Å². The van der Waals surface area contributed by atoms with Crippen LogP contribution in [0.3, 0.4) is 0 Å². The van der Waals surface area contributed by atoms with Gasteiger partial charge in [-0.1, -0.05) is 286 Å². The van der Waals surface area contributed by atoms with Crippen LogP contribution in [0.4, 0.5) is 0 Å². The highest BCUT2D eigenvalue weighted by Crippen LogP contribution is 2.16. The normalized spacial score (nSPS) is 12.6. The molecule has 0 saturated heterocycles. The van der Waals surface area contributed by atoms with Gasteiger partial charge in [0.25, 0.3) is 0 Å². The Labute approximate surface area is 490 Å². The molecule has 0 aromatic heterocycles. The summed E-state index contributed by atoms with van der Waals surface area (Å²) in [6.45, 7) is 6.61. The second kappa shape index (κ2) is 67.1. The molecule has 0 heterocycles. The predicted octanol–water partition coefficient (Wildman–Crippen LogP) is 23.4. The molecule has 0 bridgehead atoms. The fourth-order valence-electron chi connectivity index (χ4n) is 9.69. The summed E-state index contributed by atoms with van der Waals surface area (Å²) < 4.78 is 17.0. The Morgan fingerprint density at radius 1 is 0.253 bits per heavy atom. The van der Waals surface area contributed by atoms with Crippen molar-refractivity contribution < 1.29 is 28.6 Å². The third kappa shape index (κ3) is 65.3. The number of carbonyl (C=O) groups is 3. The SMILES string of the molecule is CCCCC/C=C\C/C=C\CCCCCCCC(=O)OCC(COC(=O)CCCCCCCCCCCCCCC/C=C\C/C=C\CCCCCCC)OC(=O)CCCCCCCC/C=C\C/C=C\C/C=C\CCCCCCC. The van der Waals surface area contributed by atoms with Gasteiger partial charge in [-0.25, -0.2) is 0 Å². The van der Waals surface area contributed by atoms with Crippen LogP contribution in [-0.4, -0.2) is 37.2 Å². The summed E-state index contributed by atoms with van der Waals surface area (Å²) >= 11 is 0. The van der Waals surface area contributed by atoms with Gasteiger partial charge in [0.1, 0.15) is 13.2 Å². The average Bonchev–Trinajstić information content (AvgIpc) is 3.45. The van der Waals surface area contributed by atoms with Crippen LogP contribution in [0.5, 0.6) is 0 Å². The van der Waals surface area contributed by atoms with Crippen molar-refractivity contribution in [2.24, 2.45) is 0 Å². The molecule has 0 N–H and O–H groups in total. The second-order valence-corrected chi connectivity index (χ2v) is 22.7. The number of allylic oxidation sites excluding steroid dienone is 14. The van der Waals surface area contributed by atoms with Crippen molar-refractivity contribution in [2.45, 2.75) is 348 Å². The van der Waals surface area contributed by atoms with Gasteiger partial charge in [0.15, 0.2) is 6.10 Å². The molecule has 6 nitrogen and oxygen atoms in total. The third-order valence-corrected chi connectivity index (χ3v) is 14.8. The van der Waals surface area contributed by atoms with Gasteiger partial charge in [0.2, 0.25) is 0 Å².